The van der Waals surface area contributed by atoms with Gasteiger partial charge in [-0.3, -0.25) is 9.69 Å². The highest BCUT2D eigenvalue weighted by atomic mass is 79.9. The van der Waals surface area contributed by atoms with Crippen molar-refractivity contribution in [2.24, 2.45) is 0 Å². The molecule has 0 unspecified atom stereocenters. The molecule has 2 aliphatic heterocycles. The van der Waals surface area contributed by atoms with Crippen molar-refractivity contribution in [3.05, 3.63) is 11.3 Å². The second kappa shape index (κ2) is 3.27. The highest BCUT2D eigenvalue weighted by Crippen LogP contribution is 2.42. The van der Waals surface area contributed by atoms with E-state index in [0.29, 0.717) is 5.75 Å². The summed E-state index contributed by atoms with van der Waals surface area (Å²) in [5.74, 6) is -0.488. The van der Waals surface area contributed by atoms with E-state index < -0.39 is 5.97 Å². The summed E-state index contributed by atoms with van der Waals surface area (Å²) in [6, 6.07) is 0. The topological polar surface area (TPSA) is 57.6 Å². The van der Waals surface area contributed by atoms with Gasteiger partial charge in [0.05, 0.1) is 0 Å². The number of carboxylic acid groups (broad SMARTS) is 1. The summed E-state index contributed by atoms with van der Waals surface area (Å²) in [5, 5.41) is 8.91. The molecule has 0 aromatic carbocycles. The standard InChI is InChI=1S/C8H8BrNO3S/c1-3-2-14-7-4(9)6(11)10(7)5(3)8(12)13/h4,7H,2H2,1H3,(H,12,13)/t4-,7-/m0/s1. The van der Waals surface area contributed by atoms with Crippen molar-refractivity contribution in [1.29, 1.82) is 0 Å². The molecule has 1 amide bonds. The highest BCUT2D eigenvalue weighted by Gasteiger charge is 2.51. The zero-order valence-electron chi connectivity index (χ0n) is 7.36. The van der Waals surface area contributed by atoms with Crippen molar-refractivity contribution in [3.63, 3.8) is 0 Å². The van der Waals surface area contributed by atoms with E-state index in [4.69, 9.17) is 5.11 Å². The fraction of sp³-hybridized carbons (Fsp3) is 0.500. The Labute approximate surface area is 93.5 Å². The van der Waals surface area contributed by atoms with Crippen LogP contribution in [0.4, 0.5) is 0 Å². The molecule has 76 valence electrons. The Balaban J connectivity index is 2.37. The van der Waals surface area contributed by atoms with Gasteiger partial charge in [-0.05, 0) is 12.5 Å². The second-order valence-corrected chi connectivity index (χ2v) is 5.34. The Morgan fingerprint density at radius 2 is 2.36 bits per heavy atom. The summed E-state index contributed by atoms with van der Waals surface area (Å²) in [4.78, 5) is 23.5. The number of hydrogen-bond acceptors (Lipinski definition) is 3. The second-order valence-electron chi connectivity index (χ2n) is 3.25. The lowest BCUT2D eigenvalue weighted by Gasteiger charge is -2.47. The first-order valence-corrected chi connectivity index (χ1v) is 6.02. The van der Waals surface area contributed by atoms with E-state index in [1.54, 1.807) is 18.7 Å². The molecular weight excluding hydrogens is 270 g/mol. The Bertz CT molecular complexity index is 354. The van der Waals surface area contributed by atoms with Crippen LogP contribution in [-0.2, 0) is 9.59 Å². The molecule has 0 spiro atoms. The van der Waals surface area contributed by atoms with Gasteiger partial charge in [-0.15, -0.1) is 11.8 Å². The smallest absolute Gasteiger partial charge is 0.352 e. The van der Waals surface area contributed by atoms with Crippen LogP contribution in [0.3, 0.4) is 0 Å². The quantitative estimate of drug-likeness (QED) is 0.575. The monoisotopic (exact) mass is 277 g/mol. The summed E-state index contributed by atoms with van der Waals surface area (Å²) in [6.45, 7) is 1.75. The molecule has 14 heavy (non-hydrogen) atoms. The number of alkyl halides is 1. The molecule has 2 heterocycles. The van der Waals surface area contributed by atoms with E-state index in [1.165, 1.54) is 4.90 Å². The molecule has 0 radical (unpaired) electrons. The number of β-lactam (4-membered cyclic amide) rings is 1. The number of thioether (sulfide) groups is 1. The molecule has 2 atom stereocenters. The number of amides is 1. The van der Waals surface area contributed by atoms with Crippen molar-refractivity contribution in [2.45, 2.75) is 17.1 Å². The predicted molar refractivity (Wildman–Crippen MR) is 56.1 cm³/mol. The lowest BCUT2D eigenvalue weighted by Crippen LogP contribution is -2.62. The maximum absolute atomic E-state index is 11.4. The average Bonchev–Trinajstić information content (AvgIpc) is 2.15. The number of rotatable bonds is 1. The Hall–Kier alpha value is -0.490. The molecule has 0 aliphatic carbocycles. The number of carboxylic acids is 1. The summed E-state index contributed by atoms with van der Waals surface area (Å²) in [7, 11) is 0. The van der Waals surface area contributed by atoms with E-state index in [0.717, 1.165) is 5.57 Å². The lowest BCUT2D eigenvalue weighted by atomic mass is 10.1. The van der Waals surface area contributed by atoms with Gasteiger partial charge in [0.1, 0.15) is 15.9 Å². The molecule has 2 rings (SSSR count). The molecule has 6 heteroatoms. The summed E-state index contributed by atoms with van der Waals surface area (Å²) >= 11 is 4.83. The van der Waals surface area contributed by atoms with Gasteiger partial charge in [-0.25, -0.2) is 4.79 Å². The molecule has 2 aliphatic rings. The third-order valence-corrected chi connectivity index (χ3v) is 4.96. The predicted octanol–water partition coefficient (Wildman–Crippen LogP) is 1.02. The summed E-state index contributed by atoms with van der Waals surface area (Å²) < 4.78 is 0. The van der Waals surface area contributed by atoms with Gasteiger partial charge in [0, 0.05) is 5.75 Å². The number of halogens is 1. The first-order chi connectivity index (χ1) is 6.54. The molecular formula is C8H8BrNO3S. The minimum absolute atomic E-state index is 0.0442. The molecule has 4 nitrogen and oxygen atoms in total. The highest BCUT2D eigenvalue weighted by molar-refractivity contribution is 9.10. The van der Waals surface area contributed by atoms with Crippen LogP contribution in [-0.4, -0.2) is 37.8 Å². The zero-order valence-corrected chi connectivity index (χ0v) is 9.76. The van der Waals surface area contributed by atoms with Crippen molar-refractivity contribution >= 4 is 39.6 Å². The van der Waals surface area contributed by atoms with E-state index >= 15 is 0 Å². The average molecular weight is 278 g/mol. The molecule has 0 bridgehead atoms. The van der Waals surface area contributed by atoms with Gasteiger partial charge < -0.3 is 5.11 Å². The van der Waals surface area contributed by atoms with Gasteiger partial charge in [0.2, 0.25) is 5.91 Å². The van der Waals surface area contributed by atoms with Gasteiger partial charge in [-0.2, -0.15) is 0 Å². The molecule has 0 aromatic heterocycles. The van der Waals surface area contributed by atoms with Gasteiger partial charge in [-0.1, -0.05) is 15.9 Å². The van der Waals surface area contributed by atoms with Crippen LogP contribution in [0.2, 0.25) is 0 Å². The van der Waals surface area contributed by atoms with E-state index in [-0.39, 0.29) is 21.8 Å². The zero-order chi connectivity index (χ0) is 10.5. The minimum atomic E-state index is -1.01. The van der Waals surface area contributed by atoms with Crippen LogP contribution in [0.25, 0.3) is 0 Å². The maximum atomic E-state index is 11.4. The van der Waals surface area contributed by atoms with E-state index in [9.17, 15) is 9.59 Å². The lowest BCUT2D eigenvalue weighted by molar-refractivity contribution is -0.145. The molecule has 1 N–H and O–H groups in total. The van der Waals surface area contributed by atoms with Crippen LogP contribution in [0.15, 0.2) is 11.3 Å². The van der Waals surface area contributed by atoms with Crippen molar-refractivity contribution < 1.29 is 14.7 Å². The molecule has 1 saturated heterocycles. The summed E-state index contributed by atoms with van der Waals surface area (Å²) in [6.07, 6.45) is 0. The maximum Gasteiger partial charge on any atom is 0.352 e. The van der Waals surface area contributed by atoms with Crippen LogP contribution < -0.4 is 0 Å². The summed E-state index contributed by atoms with van der Waals surface area (Å²) in [5.41, 5.74) is 0.918. The normalized spacial score (nSPS) is 31.3. The Morgan fingerprint density at radius 1 is 1.71 bits per heavy atom. The number of carbonyl (C=O) groups excluding carboxylic acids is 1. The van der Waals surface area contributed by atoms with E-state index in [1.807, 2.05) is 0 Å². The van der Waals surface area contributed by atoms with Crippen LogP contribution in [0.1, 0.15) is 6.92 Å². The van der Waals surface area contributed by atoms with Gasteiger partial charge in [0.15, 0.2) is 0 Å². The largest absolute Gasteiger partial charge is 0.477 e. The number of carbonyl (C=O) groups is 2. The van der Waals surface area contributed by atoms with Crippen LogP contribution in [0, 0.1) is 0 Å². The molecule has 0 aromatic rings. The van der Waals surface area contributed by atoms with Crippen molar-refractivity contribution in [2.75, 3.05) is 5.75 Å². The Kier molecular flexibility index (Phi) is 2.35. The minimum Gasteiger partial charge on any atom is -0.477 e. The van der Waals surface area contributed by atoms with Crippen molar-refractivity contribution in [3.8, 4) is 0 Å². The Morgan fingerprint density at radius 3 is 2.93 bits per heavy atom. The van der Waals surface area contributed by atoms with Gasteiger partial charge in [0.25, 0.3) is 0 Å². The first-order valence-electron chi connectivity index (χ1n) is 4.06. The van der Waals surface area contributed by atoms with Gasteiger partial charge >= 0.3 is 5.97 Å². The fourth-order valence-corrected chi connectivity index (χ4v) is 3.71. The number of hydrogen-bond donors (Lipinski definition) is 1. The van der Waals surface area contributed by atoms with Crippen LogP contribution >= 0.6 is 27.7 Å². The number of aliphatic carboxylic acids is 1. The fourth-order valence-electron chi connectivity index (χ4n) is 1.60. The molecule has 0 saturated carbocycles. The number of nitrogens with zero attached hydrogens (tertiary/aromatic N) is 1. The van der Waals surface area contributed by atoms with E-state index in [2.05, 4.69) is 15.9 Å². The first kappa shape index (κ1) is 10.0. The third kappa shape index (κ3) is 1.20. The molecule has 1 fully saturated rings. The SMILES string of the molecule is CC1=C(C(=O)O)N2C(=O)[C@H](Br)[C@@H]2SC1. The van der Waals surface area contributed by atoms with Crippen molar-refractivity contribution in [1.82, 2.24) is 4.90 Å². The number of fused-ring (bicyclic) bond motifs is 1. The van der Waals surface area contributed by atoms with Crippen LogP contribution in [0.5, 0.6) is 0 Å². The third-order valence-electron chi connectivity index (χ3n) is 2.30.